The van der Waals surface area contributed by atoms with Crippen LogP contribution in [0.3, 0.4) is 0 Å². The molecule has 0 aliphatic rings. The van der Waals surface area contributed by atoms with Gasteiger partial charge in [-0.1, -0.05) is 12.1 Å². The van der Waals surface area contributed by atoms with Gasteiger partial charge in [0.05, 0.1) is 0 Å². The third kappa shape index (κ3) is 2.70. The molecular weight excluding hydrogens is 246 g/mol. The van der Waals surface area contributed by atoms with Crippen LogP contribution in [0, 0.1) is 0 Å². The van der Waals surface area contributed by atoms with E-state index in [-0.39, 0.29) is 17.7 Å². The van der Waals surface area contributed by atoms with Gasteiger partial charge in [0.25, 0.3) is 0 Å². The Balaban J connectivity index is 3.42. The maximum atomic E-state index is 11.8. The first-order valence-electron chi connectivity index (χ1n) is 6.04. The fourth-order valence-electron chi connectivity index (χ4n) is 2.35. The molecule has 1 atom stereocenters. The number of carboxylic acids is 1. The van der Waals surface area contributed by atoms with Gasteiger partial charge in [-0.3, -0.25) is 4.79 Å². The molecule has 0 aliphatic heterocycles. The molecule has 0 saturated carbocycles. The first-order valence-corrected chi connectivity index (χ1v) is 6.04. The van der Waals surface area contributed by atoms with Crippen LogP contribution in [-0.2, 0) is 15.1 Å². The summed E-state index contributed by atoms with van der Waals surface area (Å²) in [5.41, 5.74) is -1.02. The minimum Gasteiger partial charge on any atom is -0.508 e. The molecule has 2 N–H and O–H groups in total. The van der Waals surface area contributed by atoms with Crippen molar-refractivity contribution in [3.8, 4) is 5.75 Å². The number of phenols is 1. The number of hydrogen-bond acceptors (Lipinski definition) is 3. The standard InChI is InChI=1S/C14H19NO4/c1-9(2)15(10(3)16)14(4,13(18)19)11-5-7-12(17)8-6-11/h5-9,17H,1-4H3,(H,18,19). The van der Waals surface area contributed by atoms with E-state index in [9.17, 15) is 19.8 Å². The lowest BCUT2D eigenvalue weighted by atomic mass is 9.88. The van der Waals surface area contributed by atoms with Crippen molar-refractivity contribution < 1.29 is 19.8 Å². The molecule has 104 valence electrons. The minimum absolute atomic E-state index is 0.0513. The molecule has 0 spiro atoms. The molecule has 5 heteroatoms. The second kappa shape index (κ2) is 5.30. The van der Waals surface area contributed by atoms with E-state index >= 15 is 0 Å². The zero-order valence-corrected chi connectivity index (χ0v) is 11.5. The molecule has 5 nitrogen and oxygen atoms in total. The van der Waals surface area contributed by atoms with Gasteiger partial charge in [-0.2, -0.15) is 0 Å². The highest BCUT2D eigenvalue weighted by Crippen LogP contribution is 2.31. The molecule has 0 saturated heterocycles. The lowest BCUT2D eigenvalue weighted by Crippen LogP contribution is -2.55. The van der Waals surface area contributed by atoms with Crippen LogP contribution in [-0.4, -0.2) is 33.0 Å². The lowest BCUT2D eigenvalue weighted by molar-refractivity contribution is -0.160. The number of benzene rings is 1. The van der Waals surface area contributed by atoms with Crippen molar-refractivity contribution in [2.45, 2.75) is 39.3 Å². The van der Waals surface area contributed by atoms with Crippen LogP contribution in [0.15, 0.2) is 24.3 Å². The average Bonchev–Trinajstić information content (AvgIpc) is 2.28. The highest BCUT2D eigenvalue weighted by Gasteiger charge is 2.44. The van der Waals surface area contributed by atoms with Gasteiger partial charge >= 0.3 is 5.97 Å². The molecule has 19 heavy (non-hydrogen) atoms. The van der Waals surface area contributed by atoms with Gasteiger partial charge in [-0.05, 0) is 38.5 Å². The van der Waals surface area contributed by atoms with Gasteiger partial charge in [-0.15, -0.1) is 0 Å². The van der Waals surface area contributed by atoms with Crippen LogP contribution >= 0.6 is 0 Å². The van der Waals surface area contributed by atoms with Crippen LogP contribution < -0.4 is 0 Å². The number of amides is 1. The van der Waals surface area contributed by atoms with Gasteiger partial charge in [-0.25, -0.2) is 4.79 Å². The van der Waals surface area contributed by atoms with Crippen LogP contribution in [0.5, 0.6) is 5.75 Å². The highest BCUT2D eigenvalue weighted by molar-refractivity contribution is 5.87. The van der Waals surface area contributed by atoms with E-state index in [4.69, 9.17) is 0 Å². The van der Waals surface area contributed by atoms with Crippen LogP contribution in [0.4, 0.5) is 0 Å². The first kappa shape index (κ1) is 15.0. The number of hydrogen-bond donors (Lipinski definition) is 2. The van der Waals surface area contributed by atoms with Crippen molar-refractivity contribution in [1.29, 1.82) is 0 Å². The fraction of sp³-hybridized carbons (Fsp3) is 0.429. The topological polar surface area (TPSA) is 77.8 Å². The van der Waals surface area contributed by atoms with E-state index in [1.807, 2.05) is 0 Å². The summed E-state index contributed by atoms with van der Waals surface area (Å²) >= 11 is 0. The van der Waals surface area contributed by atoms with Crippen LogP contribution in [0.25, 0.3) is 0 Å². The molecule has 0 heterocycles. The van der Waals surface area contributed by atoms with E-state index in [1.54, 1.807) is 13.8 Å². The largest absolute Gasteiger partial charge is 0.508 e. The van der Waals surface area contributed by atoms with Crippen molar-refractivity contribution in [3.63, 3.8) is 0 Å². The van der Waals surface area contributed by atoms with Gasteiger partial charge in [0, 0.05) is 13.0 Å². The van der Waals surface area contributed by atoms with Crippen LogP contribution in [0.1, 0.15) is 33.3 Å². The molecule has 1 aromatic rings. The summed E-state index contributed by atoms with van der Waals surface area (Å²) in [5, 5.41) is 18.9. The smallest absolute Gasteiger partial charge is 0.334 e. The lowest BCUT2D eigenvalue weighted by Gasteiger charge is -2.40. The Morgan fingerprint density at radius 2 is 1.68 bits per heavy atom. The summed E-state index contributed by atoms with van der Waals surface area (Å²) < 4.78 is 0. The molecule has 0 bridgehead atoms. The Bertz CT molecular complexity index is 481. The van der Waals surface area contributed by atoms with Crippen molar-refractivity contribution in [2.24, 2.45) is 0 Å². The summed E-state index contributed by atoms with van der Waals surface area (Å²) in [7, 11) is 0. The number of aliphatic carboxylic acids is 1. The highest BCUT2D eigenvalue weighted by atomic mass is 16.4. The number of nitrogens with zero attached hydrogens (tertiary/aromatic N) is 1. The molecule has 0 aliphatic carbocycles. The van der Waals surface area contributed by atoms with Crippen molar-refractivity contribution >= 4 is 11.9 Å². The fourth-order valence-corrected chi connectivity index (χ4v) is 2.35. The Kier molecular flexibility index (Phi) is 4.19. The molecule has 1 unspecified atom stereocenters. The maximum Gasteiger partial charge on any atom is 0.334 e. The number of rotatable bonds is 4. The number of carboxylic acid groups (broad SMARTS) is 1. The monoisotopic (exact) mass is 265 g/mol. The maximum absolute atomic E-state index is 11.8. The molecule has 0 radical (unpaired) electrons. The molecule has 0 aromatic heterocycles. The predicted molar refractivity (Wildman–Crippen MR) is 70.8 cm³/mol. The summed E-state index contributed by atoms with van der Waals surface area (Å²) in [6.45, 7) is 6.37. The summed E-state index contributed by atoms with van der Waals surface area (Å²) in [5.74, 6) is -1.37. The summed E-state index contributed by atoms with van der Waals surface area (Å²) in [6.07, 6.45) is 0. The second-order valence-corrected chi connectivity index (χ2v) is 4.91. The van der Waals surface area contributed by atoms with E-state index in [1.165, 1.54) is 43.0 Å². The number of phenolic OH excluding ortho intramolecular Hbond substituents is 1. The molecule has 0 fully saturated rings. The Hall–Kier alpha value is -2.04. The van der Waals surface area contributed by atoms with E-state index in [0.29, 0.717) is 5.56 Å². The zero-order chi connectivity index (χ0) is 14.8. The minimum atomic E-state index is -1.46. The van der Waals surface area contributed by atoms with Crippen LogP contribution in [0.2, 0.25) is 0 Å². The number of carbonyl (C=O) groups excluding carboxylic acids is 1. The normalized spacial score (nSPS) is 13.9. The van der Waals surface area contributed by atoms with E-state index < -0.39 is 11.5 Å². The third-order valence-corrected chi connectivity index (χ3v) is 3.18. The third-order valence-electron chi connectivity index (χ3n) is 3.18. The van der Waals surface area contributed by atoms with Crippen molar-refractivity contribution in [3.05, 3.63) is 29.8 Å². The Labute approximate surface area is 112 Å². The second-order valence-electron chi connectivity index (χ2n) is 4.91. The quantitative estimate of drug-likeness (QED) is 0.872. The molecular formula is C14H19NO4. The van der Waals surface area contributed by atoms with Crippen molar-refractivity contribution in [1.82, 2.24) is 4.90 Å². The Morgan fingerprint density at radius 1 is 1.21 bits per heavy atom. The first-order chi connectivity index (χ1) is 8.71. The van der Waals surface area contributed by atoms with Gasteiger partial charge in [0.2, 0.25) is 5.91 Å². The SMILES string of the molecule is CC(=O)N(C(C)C)C(C)(C(=O)O)c1ccc(O)cc1. The van der Waals surface area contributed by atoms with E-state index in [2.05, 4.69) is 0 Å². The number of aromatic hydroxyl groups is 1. The van der Waals surface area contributed by atoms with Gasteiger partial charge < -0.3 is 15.1 Å². The van der Waals surface area contributed by atoms with Gasteiger partial charge in [0.15, 0.2) is 5.54 Å². The van der Waals surface area contributed by atoms with Crippen molar-refractivity contribution in [2.75, 3.05) is 0 Å². The summed E-state index contributed by atoms with van der Waals surface area (Å²) in [4.78, 5) is 24.8. The molecule has 1 aromatic carbocycles. The molecule has 1 amide bonds. The molecule has 1 rings (SSSR count). The van der Waals surface area contributed by atoms with Gasteiger partial charge in [0.1, 0.15) is 5.75 Å². The number of carbonyl (C=O) groups is 2. The predicted octanol–water partition coefficient (Wildman–Crippen LogP) is 1.95. The van der Waals surface area contributed by atoms with E-state index in [0.717, 1.165) is 0 Å². The summed E-state index contributed by atoms with van der Waals surface area (Å²) in [6, 6.07) is 5.60. The average molecular weight is 265 g/mol. The Morgan fingerprint density at radius 3 is 2.00 bits per heavy atom. The zero-order valence-electron chi connectivity index (χ0n) is 11.5.